The first-order chi connectivity index (χ1) is 9.92. The first-order valence-electron chi connectivity index (χ1n) is 6.05. The Hall–Kier alpha value is -2.39. The smallest absolute Gasteiger partial charge is 0.276 e. The molecule has 0 unspecified atom stereocenters. The summed E-state index contributed by atoms with van der Waals surface area (Å²) in [6.45, 7) is 3.48. The zero-order valence-corrected chi connectivity index (χ0v) is 13.0. The van der Waals surface area contributed by atoms with Crippen LogP contribution >= 0.6 is 15.9 Å². The van der Waals surface area contributed by atoms with Gasteiger partial charge in [0.15, 0.2) is 0 Å². The van der Waals surface area contributed by atoms with Gasteiger partial charge in [-0.25, -0.2) is 0 Å². The zero-order valence-electron chi connectivity index (χ0n) is 11.4. The van der Waals surface area contributed by atoms with Crippen molar-refractivity contribution in [3.8, 4) is 17.6 Å². The second kappa shape index (κ2) is 5.94. The molecule has 0 aliphatic rings. The lowest BCUT2D eigenvalue weighted by atomic mass is 10.1. The minimum absolute atomic E-state index is 0.0101. The molecule has 0 amide bonds. The molecule has 0 atom stereocenters. The number of nitro benzene ring substituents is 1. The molecule has 6 heteroatoms. The molecule has 0 N–H and O–H groups in total. The van der Waals surface area contributed by atoms with Gasteiger partial charge < -0.3 is 4.74 Å². The fourth-order valence-corrected chi connectivity index (χ4v) is 2.26. The Balaban J connectivity index is 2.50. The average Bonchev–Trinajstić information content (AvgIpc) is 2.41. The normalized spacial score (nSPS) is 10.0. The maximum absolute atomic E-state index is 11.0. The molecule has 0 heterocycles. The molecule has 2 aromatic rings. The van der Waals surface area contributed by atoms with Gasteiger partial charge in [-0.3, -0.25) is 10.1 Å². The summed E-state index contributed by atoms with van der Waals surface area (Å²) in [5.74, 6) is 0.718. The van der Waals surface area contributed by atoms with Gasteiger partial charge in [-0.2, -0.15) is 5.26 Å². The van der Waals surface area contributed by atoms with Gasteiger partial charge in [-0.15, -0.1) is 0 Å². The van der Waals surface area contributed by atoms with Crippen LogP contribution in [0.25, 0.3) is 0 Å². The molecule has 0 saturated heterocycles. The molecule has 0 spiro atoms. The number of aryl methyl sites for hydroxylation is 2. The van der Waals surface area contributed by atoms with E-state index in [4.69, 9.17) is 10.00 Å². The third kappa shape index (κ3) is 3.20. The van der Waals surface area contributed by atoms with Gasteiger partial charge in [0, 0.05) is 10.0 Å². The van der Waals surface area contributed by atoms with E-state index >= 15 is 0 Å². The maximum atomic E-state index is 11.0. The first-order valence-corrected chi connectivity index (χ1v) is 6.85. The fourth-order valence-electron chi connectivity index (χ4n) is 1.92. The molecule has 0 fully saturated rings. The van der Waals surface area contributed by atoms with Crippen molar-refractivity contribution in [2.24, 2.45) is 0 Å². The highest BCUT2D eigenvalue weighted by atomic mass is 79.9. The van der Waals surface area contributed by atoms with E-state index in [-0.39, 0.29) is 5.69 Å². The van der Waals surface area contributed by atoms with Gasteiger partial charge in [0.05, 0.1) is 16.6 Å². The van der Waals surface area contributed by atoms with Crippen LogP contribution in [-0.2, 0) is 0 Å². The van der Waals surface area contributed by atoms with E-state index in [1.807, 2.05) is 6.07 Å². The quantitative estimate of drug-likeness (QED) is 0.599. The Kier molecular flexibility index (Phi) is 4.24. The number of nitro groups is 1. The van der Waals surface area contributed by atoms with Crippen LogP contribution in [0, 0.1) is 35.3 Å². The second-order valence-corrected chi connectivity index (χ2v) is 5.43. The number of rotatable bonds is 3. The minimum atomic E-state index is -0.451. The number of ether oxygens (including phenoxy) is 1. The van der Waals surface area contributed by atoms with Crippen molar-refractivity contribution >= 4 is 21.6 Å². The summed E-state index contributed by atoms with van der Waals surface area (Å²) in [5.41, 5.74) is 1.69. The second-order valence-electron chi connectivity index (χ2n) is 4.52. The van der Waals surface area contributed by atoms with Crippen LogP contribution in [0.2, 0.25) is 0 Å². The molecule has 0 bridgehead atoms. The van der Waals surface area contributed by atoms with Crippen LogP contribution in [0.15, 0.2) is 34.8 Å². The molecule has 21 heavy (non-hydrogen) atoms. The first kappa shape index (κ1) is 15.0. The van der Waals surface area contributed by atoms with E-state index < -0.39 is 4.92 Å². The Labute approximate surface area is 130 Å². The third-order valence-corrected chi connectivity index (χ3v) is 3.47. The highest BCUT2D eigenvalue weighted by Crippen LogP contribution is 2.34. The average molecular weight is 347 g/mol. The highest BCUT2D eigenvalue weighted by molar-refractivity contribution is 9.10. The van der Waals surface area contributed by atoms with E-state index in [0.29, 0.717) is 22.6 Å². The number of nitriles is 1. The monoisotopic (exact) mass is 346 g/mol. The Morgan fingerprint density at radius 2 is 1.90 bits per heavy atom. The van der Waals surface area contributed by atoms with Gasteiger partial charge in [0.1, 0.15) is 17.6 Å². The van der Waals surface area contributed by atoms with E-state index in [1.54, 1.807) is 38.1 Å². The van der Waals surface area contributed by atoms with Crippen molar-refractivity contribution in [2.45, 2.75) is 13.8 Å². The third-order valence-electron chi connectivity index (χ3n) is 2.97. The van der Waals surface area contributed by atoms with E-state index in [1.165, 1.54) is 6.07 Å². The number of halogens is 1. The van der Waals surface area contributed by atoms with Crippen molar-refractivity contribution in [3.63, 3.8) is 0 Å². The SMILES string of the molecule is Cc1cc(C)c([N+](=O)[O-])cc1Oc1cc(Br)ccc1C#N. The van der Waals surface area contributed by atoms with E-state index in [2.05, 4.69) is 15.9 Å². The fraction of sp³-hybridized carbons (Fsp3) is 0.133. The summed E-state index contributed by atoms with van der Waals surface area (Å²) in [4.78, 5) is 10.6. The molecule has 5 nitrogen and oxygen atoms in total. The lowest BCUT2D eigenvalue weighted by Gasteiger charge is -2.11. The lowest BCUT2D eigenvalue weighted by molar-refractivity contribution is -0.385. The summed E-state index contributed by atoms with van der Waals surface area (Å²) < 4.78 is 6.46. The molecule has 0 radical (unpaired) electrons. The number of nitrogens with zero attached hydrogens (tertiary/aromatic N) is 2. The van der Waals surface area contributed by atoms with Gasteiger partial charge in [-0.05, 0) is 43.7 Å². The molecule has 2 aromatic carbocycles. The van der Waals surface area contributed by atoms with Gasteiger partial charge in [-0.1, -0.05) is 15.9 Å². The Morgan fingerprint density at radius 1 is 1.19 bits per heavy atom. The van der Waals surface area contributed by atoms with Crippen molar-refractivity contribution in [3.05, 3.63) is 61.6 Å². The number of hydrogen-bond acceptors (Lipinski definition) is 4. The molecule has 0 aromatic heterocycles. The zero-order chi connectivity index (χ0) is 15.6. The van der Waals surface area contributed by atoms with E-state index in [0.717, 1.165) is 10.0 Å². The molecule has 106 valence electrons. The minimum Gasteiger partial charge on any atom is -0.455 e. The molecule has 0 saturated carbocycles. The van der Waals surface area contributed by atoms with Crippen LogP contribution in [0.4, 0.5) is 5.69 Å². The molecule has 0 aliphatic heterocycles. The van der Waals surface area contributed by atoms with Crippen molar-refractivity contribution in [1.82, 2.24) is 0 Å². The Morgan fingerprint density at radius 3 is 2.52 bits per heavy atom. The predicted octanol–water partition coefficient (Wildman–Crippen LogP) is 4.64. The van der Waals surface area contributed by atoms with Crippen molar-refractivity contribution < 1.29 is 9.66 Å². The van der Waals surface area contributed by atoms with Crippen molar-refractivity contribution in [2.75, 3.05) is 0 Å². The standard InChI is InChI=1S/C15H11BrN2O3/c1-9-5-10(2)14(7-13(9)18(19)20)21-15-6-12(16)4-3-11(15)8-17/h3-7H,1-2H3. The molecule has 2 rings (SSSR count). The van der Waals surface area contributed by atoms with Crippen LogP contribution < -0.4 is 4.74 Å². The topological polar surface area (TPSA) is 76.2 Å². The van der Waals surface area contributed by atoms with Crippen LogP contribution in [0.1, 0.15) is 16.7 Å². The molecule has 0 aliphatic carbocycles. The van der Waals surface area contributed by atoms with E-state index in [9.17, 15) is 10.1 Å². The van der Waals surface area contributed by atoms with Crippen molar-refractivity contribution in [1.29, 1.82) is 5.26 Å². The highest BCUT2D eigenvalue weighted by Gasteiger charge is 2.16. The largest absolute Gasteiger partial charge is 0.455 e. The summed E-state index contributed by atoms with van der Waals surface area (Å²) in [7, 11) is 0. The maximum Gasteiger partial charge on any atom is 0.276 e. The van der Waals surface area contributed by atoms with Gasteiger partial charge in [0.2, 0.25) is 0 Å². The molecular weight excluding hydrogens is 336 g/mol. The predicted molar refractivity (Wildman–Crippen MR) is 81.5 cm³/mol. The summed E-state index contributed by atoms with van der Waals surface area (Å²) in [6, 6.07) is 10.1. The van der Waals surface area contributed by atoms with Crippen LogP contribution in [0.3, 0.4) is 0 Å². The summed E-state index contributed by atoms with van der Waals surface area (Å²) in [6.07, 6.45) is 0. The summed E-state index contributed by atoms with van der Waals surface area (Å²) >= 11 is 3.31. The number of hydrogen-bond donors (Lipinski definition) is 0. The lowest BCUT2D eigenvalue weighted by Crippen LogP contribution is -1.96. The van der Waals surface area contributed by atoms with Gasteiger partial charge >= 0.3 is 0 Å². The number of benzene rings is 2. The van der Waals surface area contributed by atoms with Crippen LogP contribution in [0.5, 0.6) is 11.5 Å². The van der Waals surface area contributed by atoms with Gasteiger partial charge in [0.25, 0.3) is 5.69 Å². The molecular formula is C15H11BrN2O3. The van der Waals surface area contributed by atoms with Crippen LogP contribution in [-0.4, -0.2) is 4.92 Å². The Bertz CT molecular complexity index is 766. The summed E-state index contributed by atoms with van der Waals surface area (Å²) in [5, 5.41) is 20.1.